The largest absolute Gasteiger partial charge is 0.390 e. The van der Waals surface area contributed by atoms with E-state index in [1.807, 2.05) is 13.8 Å². The van der Waals surface area contributed by atoms with E-state index in [4.69, 9.17) is 9.47 Å². The number of nitrogens with one attached hydrogen (secondary N) is 2. The van der Waals surface area contributed by atoms with Crippen LogP contribution >= 0.6 is 0 Å². The monoisotopic (exact) mass is 549 g/mol. The summed E-state index contributed by atoms with van der Waals surface area (Å²) >= 11 is 0. The number of carbonyl (C=O) groups excluding carboxylic acids is 2. The van der Waals surface area contributed by atoms with E-state index in [1.165, 1.54) is 36.4 Å². The first-order valence-electron chi connectivity index (χ1n) is 12.9. The van der Waals surface area contributed by atoms with Gasteiger partial charge in [0.05, 0.1) is 39.9 Å². The predicted molar refractivity (Wildman–Crippen MR) is 142 cm³/mol. The molecule has 11 heteroatoms. The van der Waals surface area contributed by atoms with Crippen molar-refractivity contribution in [2.75, 3.05) is 0 Å². The number of aromatic nitrogens is 2. The van der Waals surface area contributed by atoms with Gasteiger partial charge in [0.15, 0.2) is 12.0 Å². The minimum Gasteiger partial charge on any atom is -0.390 e. The number of halogens is 2. The summed E-state index contributed by atoms with van der Waals surface area (Å²) in [6.07, 6.45) is -4.21. The molecule has 0 bridgehead atoms. The first kappa shape index (κ1) is 25.1. The van der Waals surface area contributed by atoms with Crippen molar-refractivity contribution in [3.05, 3.63) is 59.2 Å². The Morgan fingerprint density at radius 1 is 1.02 bits per heavy atom. The number of aliphatic hydroxyl groups excluding tert-OH is 2. The second-order valence-electron chi connectivity index (χ2n) is 10.9. The molecule has 2 amide bonds. The quantitative estimate of drug-likeness (QED) is 0.248. The normalized spacial score (nSPS) is 25.1. The topological polar surface area (TPSA) is 126 Å². The van der Waals surface area contributed by atoms with Crippen LogP contribution in [0.1, 0.15) is 54.1 Å². The lowest BCUT2D eigenvalue weighted by atomic mass is 9.96. The SMILES string of the molecule is CC(C)OC1(C)CC(O)C(O)C(n2c3ccc(F)cc3c3c4c(c5c6cc(F)ccc6[nH]c5c32)C(=O)NC4=O)O1. The van der Waals surface area contributed by atoms with E-state index in [0.29, 0.717) is 38.2 Å². The third-order valence-electron chi connectivity index (χ3n) is 7.77. The molecule has 1 saturated heterocycles. The molecule has 2 aliphatic rings. The highest BCUT2D eigenvalue weighted by atomic mass is 19.1. The minimum atomic E-state index is -1.44. The highest BCUT2D eigenvalue weighted by molar-refractivity contribution is 6.39. The number of aliphatic hydroxyl groups is 2. The molecule has 206 valence electrons. The molecule has 4 heterocycles. The summed E-state index contributed by atoms with van der Waals surface area (Å²) < 4.78 is 43.1. The van der Waals surface area contributed by atoms with E-state index < -0.39 is 47.7 Å². The smallest absolute Gasteiger partial charge is 0.259 e. The first-order chi connectivity index (χ1) is 19.0. The van der Waals surface area contributed by atoms with Gasteiger partial charge in [-0.2, -0.15) is 0 Å². The van der Waals surface area contributed by atoms with Gasteiger partial charge in [-0.3, -0.25) is 14.9 Å². The molecule has 4 atom stereocenters. The van der Waals surface area contributed by atoms with Crippen molar-refractivity contribution in [3.8, 4) is 0 Å². The average Bonchev–Trinajstić information content (AvgIpc) is 3.49. The molecule has 9 nitrogen and oxygen atoms in total. The van der Waals surface area contributed by atoms with E-state index in [-0.39, 0.29) is 29.0 Å². The summed E-state index contributed by atoms with van der Waals surface area (Å²) in [7, 11) is 0. The predicted octanol–water partition coefficient (Wildman–Crippen LogP) is 4.37. The molecule has 2 aromatic heterocycles. The number of amides is 2. The fraction of sp³-hybridized carbons (Fsp3) is 0.310. The molecular formula is C29H25F2N3O6. The van der Waals surface area contributed by atoms with Crippen molar-refractivity contribution in [3.63, 3.8) is 0 Å². The fourth-order valence-corrected chi connectivity index (χ4v) is 6.43. The third-order valence-corrected chi connectivity index (χ3v) is 7.77. The zero-order valence-electron chi connectivity index (χ0n) is 21.7. The summed E-state index contributed by atoms with van der Waals surface area (Å²) in [5.74, 6) is -3.75. The van der Waals surface area contributed by atoms with Crippen LogP contribution in [0.3, 0.4) is 0 Å². The lowest BCUT2D eigenvalue weighted by Crippen LogP contribution is -2.53. The number of H-pyrrole nitrogens is 1. The lowest BCUT2D eigenvalue weighted by molar-refractivity contribution is -0.336. The number of hydrogen-bond acceptors (Lipinski definition) is 6. The van der Waals surface area contributed by atoms with Gasteiger partial charge >= 0.3 is 0 Å². The number of ether oxygens (including phenoxy) is 2. The maximum atomic E-state index is 14.7. The molecule has 0 spiro atoms. The van der Waals surface area contributed by atoms with Gasteiger partial charge in [-0.15, -0.1) is 0 Å². The van der Waals surface area contributed by atoms with Gasteiger partial charge in [0.2, 0.25) is 0 Å². The van der Waals surface area contributed by atoms with Gasteiger partial charge < -0.3 is 29.2 Å². The number of hydrogen-bond donors (Lipinski definition) is 4. The number of imide groups is 1. The summed E-state index contributed by atoms with van der Waals surface area (Å²) in [6.45, 7) is 5.29. The van der Waals surface area contributed by atoms with Crippen molar-refractivity contribution < 1.29 is 38.1 Å². The second-order valence-corrected chi connectivity index (χ2v) is 10.9. The van der Waals surface area contributed by atoms with E-state index in [2.05, 4.69) is 10.3 Å². The van der Waals surface area contributed by atoms with Crippen LogP contribution in [0, 0.1) is 11.6 Å². The van der Waals surface area contributed by atoms with Gasteiger partial charge in [-0.1, -0.05) is 0 Å². The Hall–Kier alpha value is -3.90. The van der Waals surface area contributed by atoms with E-state index >= 15 is 0 Å². The molecule has 4 unspecified atom stereocenters. The highest BCUT2D eigenvalue weighted by Crippen LogP contribution is 2.47. The molecule has 2 aliphatic heterocycles. The molecule has 5 aromatic rings. The van der Waals surface area contributed by atoms with E-state index in [1.54, 1.807) is 11.5 Å². The molecule has 0 saturated carbocycles. The van der Waals surface area contributed by atoms with Crippen LogP contribution in [0.2, 0.25) is 0 Å². The Morgan fingerprint density at radius 2 is 1.68 bits per heavy atom. The molecule has 4 N–H and O–H groups in total. The van der Waals surface area contributed by atoms with Crippen molar-refractivity contribution in [2.24, 2.45) is 0 Å². The highest BCUT2D eigenvalue weighted by Gasteiger charge is 2.47. The number of fused-ring (bicyclic) bond motifs is 10. The molecule has 3 aromatic carbocycles. The average molecular weight is 550 g/mol. The fourth-order valence-electron chi connectivity index (χ4n) is 6.43. The van der Waals surface area contributed by atoms with Crippen molar-refractivity contribution in [1.82, 2.24) is 14.9 Å². The number of carbonyl (C=O) groups is 2. The van der Waals surface area contributed by atoms with Crippen LogP contribution in [0.15, 0.2) is 36.4 Å². The van der Waals surface area contributed by atoms with Crippen molar-refractivity contribution >= 4 is 55.4 Å². The summed E-state index contributed by atoms with van der Waals surface area (Å²) in [5.41, 5.74) is 1.62. The second kappa shape index (κ2) is 8.31. The molecule has 1 fully saturated rings. The third kappa shape index (κ3) is 3.38. The van der Waals surface area contributed by atoms with Crippen LogP contribution < -0.4 is 5.32 Å². The van der Waals surface area contributed by atoms with E-state index in [0.717, 1.165) is 0 Å². The maximum Gasteiger partial charge on any atom is 0.259 e. The van der Waals surface area contributed by atoms with Crippen LogP contribution in [0.4, 0.5) is 8.78 Å². The van der Waals surface area contributed by atoms with Crippen LogP contribution in [-0.2, 0) is 9.47 Å². The summed E-state index contributed by atoms with van der Waals surface area (Å²) in [4.78, 5) is 29.6. The van der Waals surface area contributed by atoms with Gasteiger partial charge in [0.1, 0.15) is 17.7 Å². The Bertz CT molecular complexity index is 1930. The molecule has 0 aliphatic carbocycles. The standard InChI is InChI=1S/C29H25F2N3O6/c1-11(2)39-29(3)10-18(35)25(36)28(40-29)34-17-7-5-13(31)9-15(17)20-22-21(26(37)33-27(22)38)19-14-8-12(30)4-6-16(14)32-23(19)24(20)34/h4-9,11,18,25,28,32,35-36H,10H2,1-3H3,(H,33,37,38). The maximum absolute atomic E-state index is 14.7. The van der Waals surface area contributed by atoms with Crippen LogP contribution in [0.25, 0.3) is 43.6 Å². The lowest BCUT2D eigenvalue weighted by Gasteiger charge is -2.44. The number of aromatic amines is 1. The van der Waals surface area contributed by atoms with Crippen LogP contribution in [-0.4, -0.2) is 55.7 Å². The molecule has 0 radical (unpaired) electrons. The van der Waals surface area contributed by atoms with Crippen LogP contribution in [0.5, 0.6) is 0 Å². The molecule has 7 rings (SSSR count). The van der Waals surface area contributed by atoms with Gasteiger partial charge in [0, 0.05) is 33.5 Å². The molecule has 40 heavy (non-hydrogen) atoms. The number of nitrogens with zero attached hydrogens (tertiary/aromatic N) is 1. The number of benzene rings is 3. The van der Waals surface area contributed by atoms with Gasteiger partial charge in [-0.25, -0.2) is 8.78 Å². The Balaban J connectivity index is 1.68. The zero-order chi connectivity index (χ0) is 28.2. The Morgan fingerprint density at radius 3 is 2.38 bits per heavy atom. The van der Waals surface area contributed by atoms with Crippen molar-refractivity contribution in [1.29, 1.82) is 0 Å². The number of rotatable bonds is 3. The minimum absolute atomic E-state index is 0.0119. The van der Waals surface area contributed by atoms with Crippen molar-refractivity contribution in [2.45, 2.75) is 57.5 Å². The summed E-state index contributed by atoms with van der Waals surface area (Å²) in [5, 5.41) is 25.8. The van der Waals surface area contributed by atoms with Gasteiger partial charge in [0.25, 0.3) is 11.8 Å². The van der Waals surface area contributed by atoms with Gasteiger partial charge in [-0.05, 0) is 57.2 Å². The molecular weight excluding hydrogens is 524 g/mol. The summed E-state index contributed by atoms with van der Waals surface area (Å²) in [6, 6.07) is 8.02. The Labute approximate surface area is 225 Å². The zero-order valence-corrected chi connectivity index (χ0v) is 21.7. The van der Waals surface area contributed by atoms with E-state index in [9.17, 15) is 28.6 Å². The Kier molecular flexibility index (Phi) is 5.21. The first-order valence-corrected chi connectivity index (χ1v) is 12.9.